The van der Waals surface area contributed by atoms with Gasteiger partial charge in [-0.25, -0.2) is 4.98 Å². The van der Waals surface area contributed by atoms with Gasteiger partial charge in [-0.05, 0) is 57.0 Å². The van der Waals surface area contributed by atoms with Crippen molar-refractivity contribution in [2.24, 2.45) is 0 Å². The molecule has 1 fully saturated rings. The number of amides is 2. The lowest BCUT2D eigenvalue weighted by molar-refractivity contribution is 0.0772. The lowest BCUT2D eigenvalue weighted by Gasteiger charge is -2.26. The summed E-state index contributed by atoms with van der Waals surface area (Å²) in [5, 5.41) is 3.85. The Kier molecular flexibility index (Phi) is 6.67. The minimum Gasteiger partial charge on any atom is -0.337 e. The lowest BCUT2D eigenvalue weighted by atomic mass is 10.1. The van der Waals surface area contributed by atoms with Crippen LogP contribution in [0.4, 0.5) is 5.69 Å². The number of hydrogen-bond donors (Lipinski definition) is 1. The van der Waals surface area contributed by atoms with E-state index in [9.17, 15) is 9.59 Å². The van der Waals surface area contributed by atoms with E-state index in [-0.39, 0.29) is 11.8 Å². The molecule has 1 N–H and O–H groups in total. The molecule has 5 nitrogen and oxygen atoms in total. The second kappa shape index (κ2) is 9.46. The van der Waals surface area contributed by atoms with Gasteiger partial charge in [0.2, 0.25) is 0 Å². The molecule has 166 valence electrons. The van der Waals surface area contributed by atoms with Crippen molar-refractivity contribution in [2.45, 2.75) is 27.7 Å². The number of nitrogens with one attached hydrogen (secondary N) is 1. The first-order chi connectivity index (χ1) is 15.3. The van der Waals surface area contributed by atoms with Crippen LogP contribution in [0.3, 0.4) is 0 Å². The van der Waals surface area contributed by atoms with Gasteiger partial charge in [0, 0.05) is 41.4 Å². The zero-order valence-electron chi connectivity index (χ0n) is 18.8. The first-order valence-electron chi connectivity index (χ1n) is 10.7. The van der Waals surface area contributed by atoms with Gasteiger partial charge in [-0.2, -0.15) is 11.8 Å². The maximum atomic E-state index is 13.0. The van der Waals surface area contributed by atoms with Gasteiger partial charge in [0.15, 0.2) is 0 Å². The zero-order chi connectivity index (χ0) is 22.8. The van der Waals surface area contributed by atoms with Crippen LogP contribution in [0, 0.1) is 27.7 Å². The summed E-state index contributed by atoms with van der Waals surface area (Å²) in [7, 11) is 0. The Bertz CT molecular complexity index is 1180. The molecule has 32 heavy (non-hydrogen) atoms. The molecule has 1 aliphatic rings. The molecule has 0 aliphatic carbocycles. The number of benzene rings is 2. The number of nitrogens with zero attached hydrogens (tertiary/aromatic N) is 2. The summed E-state index contributed by atoms with van der Waals surface area (Å²) in [6, 6.07) is 11.7. The minimum atomic E-state index is -0.175. The number of aromatic nitrogens is 1. The number of aryl methyl sites for hydroxylation is 4. The largest absolute Gasteiger partial charge is 0.337 e. The zero-order valence-corrected chi connectivity index (χ0v) is 20.5. The molecule has 2 amide bonds. The highest BCUT2D eigenvalue weighted by Crippen LogP contribution is 2.31. The van der Waals surface area contributed by atoms with Gasteiger partial charge in [-0.3, -0.25) is 9.59 Å². The van der Waals surface area contributed by atoms with E-state index in [1.54, 1.807) is 6.07 Å². The monoisotopic (exact) mass is 465 g/mol. The quantitative estimate of drug-likeness (QED) is 0.554. The number of thiazole rings is 1. The molecule has 0 spiro atoms. The van der Waals surface area contributed by atoms with Gasteiger partial charge < -0.3 is 10.2 Å². The summed E-state index contributed by atoms with van der Waals surface area (Å²) in [5.74, 6) is 1.85. The van der Waals surface area contributed by atoms with Gasteiger partial charge >= 0.3 is 0 Å². The van der Waals surface area contributed by atoms with Gasteiger partial charge in [-0.1, -0.05) is 23.8 Å². The standard InChI is InChI=1S/C25H27N3O2S2/c1-15-5-7-20(16(2)13-15)24-26-18(4)22(32-24)23(29)27-21-8-6-19(14-17(21)3)25(30)28-9-11-31-12-10-28/h5-8,13-14H,9-12H2,1-4H3,(H,27,29). The predicted molar refractivity (Wildman–Crippen MR) is 134 cm³/mol. The number of carbonyl (C=O) groups is 2. The Hall–Kier alpha value is -2.64. The first-order valence-corrected chi connectivity index (χ1v) is 12.6. The molecule has 4 rings (SSSR count). The maximum absolute atomic E-state index is 13.0. The summed E-state index contributed by atoms with van der Waals surface area (Å²) in [6.45, 7) is 9.48. The van der Waals surface area contributed by atoms with Crippen LogP contribution < -0.4 is 5.32 Å². The molecule has 1 saturated heterocycles. The molecule has 0 atom stereocenters. The van der Waals surface area contributed by atoms with Crippen LogP contribution in [0.25, 0.3) is 10.6 Å². The van der Waals surface area contributed by atoms with E-state index in [0.717, 1.165) is 52.0 Å². The second-order valence-corrected chi connectivity index (χ2v) is 10.4. The summed E-state index contributed by atoms with van der Waals surface area (Å²) in [4.78, 5) is 32.9. The van der Waals surface area contributed by atoms with Gasteiger partial charge in [-0.15, -0.1) is 11.3 Å². The summed E-state index contributed by atoms with van der Waals surface area (Å²) < 4.78 is 0. The van der Waals surface area contributed by atoms with Crippen LogP contribution in [0.2, 0.25) is 0 Å². The predicted octanol–water partition coefficient (Wildman–Crippen LogP) is 5.49. The minimum absolute atomic E-state index is 0.0580. The molecule has 1 aromatic heterocycles. The van der Waals surface area contributed by atoms with Crippen LogP contribution in [-0.4, -0.2) is 46.3 Å². The fourth-order valence-corrected chi connectivity index (χ4v) is 5.80. The van der Waals surface area contributed by atoms with Crippen molar-refractivity contribution < 1.29 is 9.59 Å². The summed E-state index contributed by atoms with van der Waals surface area (Å²) in [6.07, 6.45) is 0. The number of thioether (sulfide) groups is 1. The molecule has 2 aromatic carbocycles. The van der Waals surface area contributed by atoms with Gasteiger partial charge in [0.25, 0.3) is 11.8 Å². The Morgan fingerprint density at radius 2 is 1.72 bits per heavy atom. The average molecular weight is 466 g/mol. The Balaban J connectivity index is 1.51. The van der Waals surface area contributed by atoms with E-state index < -0.39 is 0 Å². The van der Waals surface area contributed by atoms with Crippen molar-refractivity contribution in [3.63, 3.8) is 0 Å². The third kappa shape index (κ3) is 4.74. The van der Waals surface area contributed by atoms with Crippen molar-refractivity contribution in [2.75, 3.05) is 29.9 Å². The normalized spacial score (nSPS) is 13.8. The van der Waals surface area contributed by atoms with Crippen molar-refractivity contribution in [1.29, 1.82) is 0 Å². The summed E-state index contributed by atoms with van der Waals surface area (Å²) in [5.41, 5.74) is 6.36. The van der Waals surface area contributed by atoms with E-state index in [1.165, 1.54) is 16.9 Å². The second-order valence-electron chi connectivity index (χ2n) is 8.14. The Labute approximate surface area is 197 Å². The van der Waals surface area contributed by atoms with Crippen LogP contribution in [-0.2, 0) is 0 Å². The van der Waals surface area contributed by atoms with Crippen molar-refractivity contribution in [1.82, 2.24) is 9.88 Å². The van der Waals surface area contributed by atoms with Gasteiger partial charge in [0.1, 0.15) is 9.88 Å². The van der Waals surface area contributed by atoms with E-state index in [4.69, 9.17) is 0 Å². The van der Waals surface area contributed by atoms with Crippen molar-refractivity contribution >= 4 is 40.6 Å². The SMILES string of the molecule is Cc1ccc(-c2nc(C)c(C(=O)Nc3ccc(C(=O)N4CCSCC4)cc3C)s2)c(C)c1. The fraction of sp³-hybridized carbons (Fsp3) is 0.320. The Morgan fingerprint density at radius 3 is 2.41 bits per heavy atom. The lowest BCUT2D eigenvalue weighted by Crippen LogP contribution is -2.37. The Morgan fingerprint density at radius 1 is 0.969 bits per heavy atom. The average Bonchev–Trinajstić information content (AvgIpc) is 3.16. The van der Waals surface area contributed by atoms with Crippen molar-refractivity contribution in [3.8, 4) is 10.6 Å². The number of hydrogen-bond acceptors (Lipinski definition) is 5. The fourth-order valence-electron chi connectivity index (χ4n) is 3.84. The molecular weight excluding hydrogens is 438 g/mol. The van der Waals surface area contributed by atoms with E-state index in [1.807, 2.05) is 42.6 Å². The van der Waals surface area contributed by atoms with Crippen LogP contribution in [0.15, 0.2) is 36.4 Å². The van der Waals surface area contributed by atoms with Gasteiger partial charge in [0.05, 0.1) is 5.69 Å². The topological polar surface area (TPSA) is 62.3 Å². The third-order valence-electron chi connectivity index (χ3n) is 5.63. The summed E-state index contributed by atoms with van der Waals surface area (Å²) >= 11 is 3.29. The van der Waals surface area contributed by atoms with Crippen LogP contribution in [0.5, 0.6) is 0 Å². The van der Waals surface area contributed by atoms with E-state index in [2.05, 4.69) is 42.3 Å². The number of anilines is 1. The molecule has 3 aromatic rings. The smallest absolute Gasteiger partial charge is 0.267 e. The molecule has 1 aliphatic heterocycles. The van der Waals surface area contributed by atoms with E-state index in [0.29, 0.717) is 16.1 Å². The van der Waals surface area contributed by atoms with Crippen LogP contribution >= 0.6 is 23.1 Å². The molecule has 7 heteroatoms. The molecule has 0 bridgehead atoms. The number of carbonyl (C=O) groups excluding carboxylic acids is 2. The molecular formula is C25H27N3O2S2. The molecule has 0 radical (unpaired) electrons. The molecule has 0 saturated carbocycles. The number of rotatable bonds is 4. The van der Waals surface area contributed by atoms with Crippen LogP contribution in [0.1, 0.15) is 42.4 Å². The highest BCUT2D eigenvalue weighted by molar-refractivity contribution is 7.99. The highest BCUT2D eigenvalue weighted by atomic mass is 32.2. The first kappa shape index (κ1) is 22.6. The van der Waals surface area contributed by atoms with Crippen molar-refractivity contribution in [3.05, 3.63) is 69.2 Å². The van der Waals surface area contributed by atoms with E-state index >= 15 is 0 Å². The molecule has 0 unspecified atom stereocenters. The maximum Gasteiger partial charge on any atom is 0.267 e. The highest BCUT2D eigenvalue weighted by Gasteiger charge is 2.21. The third-order valence-corrected chi connectivity index (χ3v) is 7.77. The molecule has 2 heterocycles.